The summed E-state index contributed by atoms with van der Waals surface area (Å²) in [7, 11) is 3.03. The molecule has 10 heteroatoms. The number of nitrogens with one attached hydrogen (secondary N) is 1. The molecule has 29 heavy (non-hydrogen) atoms. The van der Waals surface area contributed by atoms with Crippen molar-refractivity contribution in [1.29, 1.82) is 0 Å². The Morgan fingerprint density at radius 3 is 2.69 bits per heavy atom. The van der Waals surface area contributed by atoms with Crippen LogP contribution in [0, 0.1) is 5.82 Å². The van der Waals surface area contributed by atoms with Gasteiger partial charge >= 0.3 is 5.97 Å². The fourth-order valence-corrected chi connectivity index (χ4v) is 3.37. The molecule has 1 aliphatic heterocycles. The van der Waals surface area contributed by atoms with Gasteiger partial charge < -0.3 is 25.0 Å². The summed E-state index contributed by atoms with van der Waals surface area (Å²) in [5, 5.41) is 11.9. The SMILES string of the molecule is CC[C@@H]1C(=O)N(C)c2cnc(Nc3cc(F)c(C(=O)O)cc3OC)nc2N1CC. The summed E-state index contributed by atoms with van der Waals surface area (Å²) >= 11 is 0. The van der Waals surface area contributed by atoms with E-state index in [1.807, 2.05) is 18.7 Å². The van der Waals surface area contributed by atoms with Gasteiger partial charge in [-0.15, -0.1) is 0 Å². The minimum Gasteiger partial charge on any atom is -0.495 e. The molecule has 9 nitrogen and oxygen atoms in total. The zero-order valence-electron chi connectivity index (χ0n) is 16.6. The standard InChI is InChI=1S/C19H22FN5O4/c1-5-13-17(26)24(3)14-9-21-19(23-16(14)25(13)6-2)22-12-8-11(20)10(18(27)28)7-15(12)29-4/h7-9,13H,5-6H2,1-4H3,(H,27,28)(H,21,22,23)/t13-/m1/s1. The van der Waals surface area contributed by atoms with Crippen LogP contribution >= 0.6 is 0 Å². The molecule has 1 aromatic carbocycles. The van der Waals surface area contributed by atoms with Gasteiger partial charge in [0.25, 0.3) is 0 Å². The van der Waals surface area contributed by atoms with Crippen molar-refractivity contribution >= 4 is 35.0 Å². The number of aromatic nitrogens is 2. The number of nitrogens with zero attached hydrogens (tertiary/aromatic N) is 4. The lowest BCUT2D eigenvalue weighted by Gasteiger charge is -2.39. The molecule has 1 amide bonds. The molecular weight excluding hydrogens is 381 g/mol. The van der Waals surface area contributed by atoms with Crippen molar-refractivity contribution in [2.24, 2.45) is 0 Å². The third kappa shape index (κ3) is 3.53. The number of rotatable bonds is 6. The van der Waals surface area contributed by atoms with Crippen molar-refractivity contribution < 1.29 is 23.8 Å². The molecule has 2 heterocycles. The number of likely N-dealkylation sites (N-methyl/N-ethyl adjacent to an activating group) is 2. The molecule has 1 aromatic heterocycles. The Morgan fingerprint density at radius 1 is 1.38 bits per heavy atom. The zero-order valence-corrected chi connectivity index (χ0v) is 16.6. The van der Waals surface area contributed by atoms with Crippen LogP contribution in [0.2, 0.25) is 0 Å². The van der Waals surface area contributed by atoms with Gasteiger partial charge in [0.2, 0.25) is 11.9 Å². The maximum absolute atomic E-state index is 14.1. The van der Waals surface area contributed by atoms with Gasteiger partial charge in [-0.1, -0.05) is 6.92 Å². The number of carboxylic acid groups (broad SMARTS) is 1. The number of benzene rings is 1. The molecule has 2 N–H and O–H groups in total. The summed E-state index contributed by atoms with van der Waals surface area (Å²) in [6.07, 6.45) is 2.14. The van der Waals surface area contributed by atoms with E-state index < -0.39 is 17.3 Å². The Labute approximate surface area is 167 Å². The molecule has 1 aliphatic rings. The zero-order chi connectivity index (χ0) is 21.3. The lowest BCUT2D eigenvalue weighted by atomic mass is 10.1. The summed E-state index contributed by atoms with van der Waals surface area (Å²) in [6, 6.07) is 1.78. The highest BCUT2D eigenvalue weighted by Gasteiger charge is 2.36. The van der Waals surface area contributed by atoms with Gasteiger partial charge in [-0.25, -0.2) is 14.2 Å². The lowest BCUT2D eigenvalue weighted by molar-refractivity contribution is -0.120. The van der Waals surface area contributed by atoms with Gasteiger partial charge in [0.15, 0.2) is 5.82 Å². The first-order valence-corrected chi connectivity index (χ1v) is 9.11. The van der Waals surface area contributed by atoms with E-state index in [-0.39, 0.29) is 29.3 Å². The van der Waals surface area contributed by atoms with Gasteiger partial charge in [-0.2, -0.15) is 4.98 Å². The van der Waals surface area contributed by atoms with Crippen LogP contribution in [0.4, 0.5) is 27.5 Å². The van der Waals surface area contributed by atoms with Crippen LogP contribution in [0.15, 0.2) is 18.3 Å². The largest absolute Gasteiger partial charge is 0.495 e. The van der Waals surface area contributed by atoms with Crippen molar-refractivity contribution in [3.63, 3.8) is 0 Å². The van der Waals surface area contributed by atoms with Crippen molar-refractivity contribution in [1.82, 2.24) is 9.97 Å². The molecule has 3 rings (SSSR count). The number of carboxylic acids is 1. The van der Waals surface area contributed by atoms with E-state index in [2.05, 4.69) is 15.3 Å². The minimum atomic E-state index is -1.39. The topological polar surface area (TPSA) is 108 Å². The summed E-state index contributed by atoms with van der Waals surface area (Å²) in [6.45, 7) is 4.44. The number of carbonyl (C=O) groups is 2. The summed E-state index contributed by atoms with van der Waals surface area (Å²) in [5.41, 5.74) is 0.263. The fourth-order valence-electron chi connectivity index (χ4n) is 3.37. The Bertz CT molecular complexity index is 968. The van der Waals surface area contributed by atoms with Crippen LogP contribution in [0.5, 0.6) is 5.75 Å². The highest BCUT2D eigenvalue weighted by molar-refractivity contribution is 6.04. The number of aromatic carboxylic acids is 1. The highest BCUT2D eigenvalue weighted by atomic mass is 19.1. The Hall–Kier alpha value is -3.43. The molecule has 0 spiro atoms. The maximum atomic E-state index is 14.1. The van der Waals surface area contributed by atoms with Crippen LogP contribution in [0.25, 0.3) is 0 Å². The third-order valence-corrected chi connectivity index (χ3v) is 4.87. The predicted molar refractivity (Wildman–Crippen MR) is 106 cm³/mol. The molecule has 0 bridgehead atoms. The third-order valence-electron chi connectivity index (χ3n) is 4.87. The second-order valence-corrected chi connectivity index (χ2v) is 6.47. The number of halogens is 1. The molecule has 2 aromatic rings. The smallest absolute Gasteiger partial charge is 0.338 e. The van der Waals surface area contributed by atoms with E-state index in [1.165, 1.54) is 18.2 Å². The summed E-state index contributed by atoms with van der Waals surface area (Å²) < 4.78 is 19.3. The second-order valence-electron chi connectivity index (χ2n) is 6.47. The highest BCUT2D eigenvalue weighted by Crippen LogP contribution is 2.36. The molecule has 0 saturated heterocycles. The minimum absolute atomic E-state index is 0.0286. The van der Waals surface area contributed by atoms with Crippen LogP contribution in [0.3, 0.4) is 0 Å². The molecule has 0 fully saturated rings. The number of hydrogen-bond donors (Lipinski definition) is 2. The molecule has 0 radical (unpaired) electrons. The molecule has 0 unspecified atom stereocenters. The normalized spacial score (nSPS) is 15.9. The van der Waals surface area contributed by atoms with Gasteiger partial charge in [-0.05, 0) is 19.4 Å². The molecule has 0 aliphatic carbocycles. The van der Waals surface area contributed by atoms with Crippen molar-refractivity contribution in [3.05, 3.63) is 29.7 Å². The number of anilines is 4. The van der Waals surface area contributed by atoms with Crippen LogP contribution in [0.1, 0.15) is 30.6 Å². The average Bonchev–Trinajstić information content (AvgIpc) is 2.70. The van der Waals surface area contributed by atoms with Gasteiger partial charge in [0.1, 0.15) is 23.3 Å². The van der Waals surface area contributed by atoms with Crippen molar-refractivity contribution in [2.45, 2.75) is 26.3 Å². The van der Waals surface area contributed by atoms with Crippen LogP contribution < -0.4 is 19.9 Å². The number of ether oxygens (including phenoxy) is 1. The summed E-state index contributed by atoms with van der Waals surface area (Å²) in [5.74, 6) is -1.45. The van der Waals surface area contributed by atoms with Gasteiger partial charge in [0, 0.05) is 19.7 Å². The van der Waals surface area contributed by atoms with E-state index in [1.54, 1.807) is 7.05 Å². The molecule has 0 saturated carbocycles. The maximum Gasteiger partial charge on any atom is 0.338 e. The monoisotopic (exact) mass is 403 g/mol. The van der Waals surface area contributed by atoms with Gasteiger partial charge in [-0.3, -0.25) is 4.79 Å². The Balaban J connectivity index is 2.02. The van der Waals surface area contributed by atoms with E-state index in [0.717, 1.165) is 12.1 Å². The first-order valence-electron chi connectivity index (χ1n) is 9.11. The first-order chi connectivity index (χ1) is 13.8. The first kappa shape index (κ1) is 20.3. The van der Waals surface area contributed by atoms with Crippen LogP contribution in [-0.4, -0.2) is 53.7 Å². The number of carbonyl (C=O) groups excluding carboxylic acids is 1. The van der Waals surface area contributed by atoms with Crippen LogP contribution in [-0.2, 0) is 4.79 Å². The fraction of sp³-hybridized carbons (Fsp3) is 0.368. The van der Waals surface area contributed by atoms with Crippen molar-refractivity contribution in [3.8, 4) is 5.75 Å². The van der Waals surface area contributed by atoms with E-state index in [4.69, 9.17) is 9.84 Å². The second kappa shape index (κ2) is 7.90. The lowest BCUT2D eigenvalue weighted by Crippen LogP contribution is -2.52. The Morgan fingerprint density at radius 2 is 2.10 bits per heavy atom. The van der Waals surface area contributed by atoms with E-state index in [9.17, 15) is 14.0 Å². The molecular formula is C19H22FN5O4. The number of hydrogen-bond acceptors (Lipinski definition) is 7. The van der Waals surface area contributed by atoms with Gasteiger partial charge in [0.05, 0.1) is 24.6 Å². The predicted octanol–water partition coefficient (Wildman–Crippen LogP) is 2.65. The quantitative estimate of drug-likeness (QED) is 0.758. The number of amides is 1. The summed E-state index contributed by atoms with van der Waals surface area (Å²) in [4.78, 5) is 35.9. The Kier molecular flexibility index (Phi) is 5.53. The van der Waals surface area contributed by atoms with Crippen molar-refractivity contribution in [2.75, 3.05) is 35.8 Å². The average molecular weight is 403 g/mol. The molecule has 154 valence electrons. The van der Waals surface area contributed by atoms with E-state index in [0.29, 0.717) is 24.5 Å². The number of fused-ring (bicyclic) bond motifs is 1. The number of methoxy groups -OCH3 is 1. The molecule has 1 atom stereocenters. The van der Waals surface area contributed by atoms with E-state index >= 15 is 0 Å².